The molecule has 18 heavy (non-hydrogen) atoms. The Morgan fingerprint density at radius 3 is 2.72 bits per heavy atom. The number of carbonyl (C=O) groups excluding carboxylic acids is 1. The van der Waals surface area contributed by atoms with E-state index >= 15 is 0 Å². The molecule has 2 rings (SSSR count). The summed E-state index contributed by atoms with van der Waals surface area (Å²) < 4.78 is 10.6. The number of fused-ring (bicyclic) bond motifs is 1. The molecule has 1 aromatic heterocycles. The van der Waals surface area contributed by atoms with Crippen molar-refractivity contribution in [2.45, 2.75) is 26.9 Å². The summed E-state index contributed by atoms with van der Waals surface area (Å²) in [7, 11) is 0. The molecule has 1 atom stereocenters. The van der Waals surface area contributed by atoms with Crippen LogP contribution in [-0.4, -0.2) is 11.9 Å². The molecule has 0 bridgehead atoms. The van der Waals surface area contributed by atoms with Crippen LogP contribution in [0.15, 0.2) is 33.5 Å². The highest BCUT2D eigenvalue weighted by Crippen LogP contribution is 2.22. The number of aryl methyl sites for hydroxylation is 1. The van der Waals surface area contributed by atoms with Gasteiger partial charge >= 0.3 is 5.63 Å². The lowest BCUT2D eigenvalue weighted by Gasteiger charge is -2.11. The van der Waals surface area contributed by atoms with Crippen LogP contribution in [0.1, 0.15) is 19.4 Å². The van der Waals surface area contributed by atoms with Crippen LogP contribution in [0.3, 0.4) is 0 Å². The third-order valence-corrected chi connectivity index (χ3v) is 2.81. The van der Waals surface area contributed by atoms with Gasteiger partial charge in [-0.05, 0) is 38.5 Å². The molecule has 0 aliphatic carbocycles. The fourth-order valence-electron chi connectivity index (χ4n) is 1.67. The summed E-state index contributed by atoms with van der Waals surface area (Å²) in [6, 6.07) is 6.65. The standard InChI is InChI=1S/C14H14O4/c1-8-6-14(16)18-13-7-11(4-5-12(8)13)17-10(3)9(2)15/h4-7,10H,1-3H3/t10-/m0/s1. The van der Waals surface area contributed by atoms with Gasteiger partial charge in [-0.1, -0.05) is 0 Å². The zero-order chi connectivity index (χ0) is 13.3. The predicted molar refractivity (Wildman–Crippen MR) is 68.0 cm³/mol. The molecule has 4 nitrogen and oxygen atoms in total. The summed E-state index contributed by atoms with van der Waals surface area (Å²) >= 11 is 0. The first-order valence-electron chi connectivity index (χ1n) is 5.69. The topological polar surface area (TPSA) is 56.5 Å². The van der Waals surface area contributed by atoms with Crippen LogP contribution >= 0.6 is 0 Å². The normalized spacial score (nSPS) is 12.4. The summed E-state index contributed by atoms with van der Waals surface area (Å²) in [5.41, 5.74) is 0.928. The van der Waals surface area contributed by atoms with Gasteiger partial charge < -0.3 is 9.15 Å². The Bertz CT molecular complexity index is 654. The van der Waals surface area contributed by atoms with Crippen LogP contribution in [0, 0.1) is 6.92 Å². The van der Waals surface area contributed by atoms with Gasteiger partial charge in [0.1, 0.15) is 11.3 Å². The maximum Gasteiger partial charge on any atom is 0.336 e. The van der Waals surface area contributed by atoms with E-state index in [4.69, 9.17) is 9.15 Å². The summed E-state index contributed by atoms with van der Waals surface area (Å²) in [5.74, 6) is 0.458. The molecule has 4 heteroatoms. The van der Waals surface area contributed by atoms with Gasteiger partial charge in [0.05, 0.1) is 0 Å². The van der Waals surface area contributed by atoms with Crippen molar-refractivity contribution in [2.75, 3.05) is 0 Å². The maximum absolute atomic E-state index is 11.3. The number of rotatable bonds is 3. The van der Waals surface area contributed by atoms with E-state index in [-0.39, 0.29) is 5.78 Å². The zero-order valence-corrected chi connectivity index (χ0v) is 10.5. The molecule has 1 aromatic carbocycles. The Morgan fingerprint density at radius 1 is 1.33 bits per heavy atom. The van der Waals surface area contributed by atoms with Gasteiger partial charge in [-0.25, -0.2) is 4.79 Å². The van der Waals surface area contributed by atoms with Crippen molar-refractivity contribution in [1.29, 1.82) is 0 Å². The van der Waals surface area contributed by atoms with E-state index < -0.39 is 11.7 Å². The van der Waals surface area contributed by atoms with Crippen molar-refractivity contribution in [3.63, 3.8) is 0 Å². The molecule has 0 aliphatic heterocycles. The monoisotopic (exact) mass is 246 g/mol. The van der Waals surface area contributed by atoms with E-state index in [2.05, 4.69) is 0 Å². The number of carbonyl (C=O) groups is 1. The molecule has 0 radical (unpaired) electrons. The SMILES string of the molecule is CC(=O)[C@H](C)Oc1ccc2c(C)cc(=O)oc2c1. The van der Waals surface area contributed by atoms with Gasteiger partial charge in [0.2, 0.25) is 0 Å². The number of ether oxygens (including phenoxy) is 1. The second kappa shape index (κ2) is 4.64. The predicted octanol–water partition coefficient (Wildman–Crippen LogP) is 2.46. The number of hydrogen-bond acceptors (Lipinski definition) is 4. The smallest absolute Gasteiger partial charge is 0.336 e. The van der Waals surface area contributed by atoms with E-state index in [1.54, 1.807) is 19.1 Å². The van der Waals surface area contributed by atoms with E-state index in [1.165, 1.54) is 13.0 Å². The first-order valence-corrected chi connectivity index (χ1v) is 5.69. The van der Waals surface area contributed by atoms with Crippen molar-refractivity contribution in [1.82, 2.24) is 0 Å². The molecular formula is C14H14O4. The molecule has 0 amide bonds. The lowest BCUT2D eigenvalue weighted by atomic mass is 10.1. The minimum atomic E-state index is -0.515. The molecule has 0 unspecified atom stereocenters. The van der Waals surface area contributed by atoms with Gasteiger partial charge in [-0.2, -0.15) is 0 Å². The highest BCUT2D eigenvalue weighted by molar-refractivity contribution is 5.82. The van der Waals surface area contributed by atoms with E-state index in [9.17, 15) is 9.59 Å². The Kier molecular flexibility index (Phi) is 3.19. The second-order valence-electron chi connectivity index (χ2n) is 4.28. The molecular weight excluding hydrogens is 232 g/mol. The molecule has 94 valence electrons. The molecule has 0 aliphatic rings. The number of ketones is 1. The lowest BCUT2D eigenvalue weighted by molar-refractivity contribution is -0.122. The molecule has 0 saturated heterocycles. The van der Waals surface area contributed by atoms with Gasteiger partial charge in [0.15, 0.2) is 11.9 Å². The summed E-state index contributed by atoms with van der Waals surface area (Å²) in [4.78, 5) is 22.4. The minimum Gasteiger partial charge on any atom is -0.483 e. The van der Waals surface area contributed by atoms with Crippen molar-refractivity contribution in [3.05, 3.63) is 40.2 Å². The first kappa shape index (κ1) is 12.4. The third kappa shape index (κ3) is 2.42. The lowest BCUT2D eigenvalue weighted by Crippen LogP contribution is -2.20. The quantitative estimate of drug-likeness (QED) is 0.780. The van der Waals surface area contributed by atoms with Crippen LogP contribution in [0.5, 0.6) is 5.75 Å². The Labute approximate surface area is 104 Å². The molecule has 0 spiro atoms. The summed E-state index contributed by atoms with van der Waals surface area (Å²) in [6.45, 7) is 4.99. The second-order valence-corrected chi connectivity index (χ2v) is 4.28. The van der Waals surface area contributed by atoms with Crippen molar-refractivity contribution in [2.24, 2.45) is 0 Å². The molecule has 0 saturated carbocycles. The zero-order valence-electron chi connectivity index (χ0n) is 10.5. The fourth-order valence-corrected chi connectivity index (χ4v) is 1.67. The largest absolute Gasteiger partial charge is 0.483 e. The van der Waals surface area contributed by atoms with E-state index in [0.717, 1.165) is 10.9 Å². The highest BCUT2D eigenvalue weighted by Gasteiger charge is 2.10. The fraction of sp³-hybridized carbons (Fsp3) is 0.286. The van der Waals surface area contributed by atoms with Crippen LogP contribution in [0.2, 0.25) is 0 Å². The van der Waals surface area contributed by atoms with E-state index in [1.807, 2.05) is 13.0 Å². The Hall–Kier alpha value is -2.10. The maximum atomic E-state index is 11.3. The first-order chi connectivity index (χ1) is 8.47. The summed E-state index contributed by atoms with van der Waals surface area (Å²) in [5, 5.41) is 0.859. The van der Waals surface area contributed by atoms with E-state index in [0.29, 0.717) is 11.3 Å². The van der Waals surface area contributed by atoms with Gasteiger partial charge in [0, 0.05) is 17.5 Å². The average Bonchev–Trinajstić information content (AvgIpc) is 2.27. The molecule has 1 heterocycles. The number of benzene rings is 1. The number of Topliss-reactive ketones (excluding diaryl/α,β-unsaturated/α-hetero) is 1. The molecule has 0 fully saturated rings. The minimum absolute atomic E-state index is 0.0548. The third-order valence-electron chi connectivity index (χ3n) is 2.81. The Morgan fingerprint density at radius 2 is 2.06 bits per heavy atom. The van der Waals surface area contributed by atoms with Crippen molar-refractivity contribution < 1.29 is 13.9 Å². The van der Waals surface area contributed by atoms with Crippen molar-refractivity contribution >= 4 is 16.8 Å². The van der Waals surface area contributed by atoms with Crippen LogP contribution in [-0.2, 0) is 4.79 Å². The van der Waals surface area contributed by atoms with Crippen LogP contribution in [0.4, 0.5) is 0 Å². The van der Waals surface area contributed by atoms with Gasteiger partial charge in [-0.15, -0.1) is 0 Å². The Balaban J connectivity index is 2.44. The van der Waals surface area contributed by atoms with Crippen molar-refractivity contribution in [3.8, 4) is 5.75 Å². The van der Waals surface area contributed by atoms with Crippen LogP contribution in [0.25, 0.3) is 11.0 Å². The molecule has 0 N–H and O–H groups in total. The number of hydrogen-bond donors (Lipinski definition) is 0. The highest BCUT2D eigenvalue weighted by atomic mass is 16.5. The average molecular weight is 246 g/mol. The van der Waals surface area contributed by atoms with Gasteiger partial charge in [-0.3, -0.25) is 4.79 Å². The molecule has 2 aromatic rings. The van der Waals surface area contributed by atoms with Gasteiger partial charge in [0.25, 0.3) is 0 Å². The van der Waals surface area contributed by atoms with Crippen LogP contribution < -0.4 is 10.4 Å². The summed E-state index contributed by atoms with van der Waals surface area (Å²) in [6.07, 6.45) is -0.515.